The van der Waals surface area contributed by atoms with Crippen LogP contribution < -0.4 is 11.1 Å². The van der Waals surface area contributed by atoms with Crippen LogP contribution in [0.25, 0.3) is 6.08 Å². The van der Waals surface area contributed by atoms with Crippen molar-refractivity contribution >= 4 is 11.9 Å². The van der Waals surface area contributed by atoms with E-state index in [0.717, 1.165) is 12.2 Å². The number of rotatable bonds is 3. The van der Waals surface area contributed by atoms with Gasteiger partial charge in [-0.05, 0) is 13.1 Å². The Kier molecular flexibility index (Phi) is 3.22. The molecular formula is C8H12N4. The standard InChI is InChI=1S/C8H12N4/c1-10-4-2-3-7-5-12-8(9)6-11-7/h2-3,5-6,10H,4H2,1H3,(H2,9,12). The molecular weight excluding hydrogens is 152 g/mol. The SMILES string of the molecule is CNCC=Cc1cnc(N)cn1. The van der Waals surface area contributed by atoms with Crippen LogP contribution in [0.5, 0.6) is 0 Å². The van der Waals surface area contributed by atoms with Crippen LogP contribution in [-0.4, -0.2) is 23.6 Å². The molecule has 12 heavy (non-hydrogen) atoms. The number of nitrogens with one attached hydrogen (secondary N) is 1. The van der Waals surface area contributed by atoms with Crippen molar-refractivity contribution in [2.45, 2.75) is 0 Å². The van der Waals surface area contributed by atoms with E-state index < -0.39 is 0 Å². The normalized spacial score (nSPS) is 10.8. The largest absolute Gasteiger partial charge is 0.382 e. The van der Waals surface area contributed by atoms with Gasteiger partial charge in [0.15, 0.2) is 0 Å². The van der Waals surface area contributed by atoms with Crippen LogP contribution in [0.1, 0.15) is 5.69 Å². The summed E-state index contributed by atoms with van der Waals surface area (Å²) in [5, 5.41) is 2.99. The molecule has 0 saturated carbocycles. The van der Waals surface area contributed by atoms with Gasteiger partial charge in [-0.15, -0.1) is 0 Å². The molecule has 3 N–H and O–H groups in total. The Morgan fingerprint density at radius 1 is 1.50 bits per heavy atom. The molecule has 0 aliphatic heterocycles. The van der Waals surface area contributed by atoms with Gasteiger partial charge in [0.05, 0.1) is 18.1 Å². The first-order valence-corrected chi connectivity index (χ1v) is 3.71. The maximum absolute atomic E-state index is 5.37. The molecule has 0 unspecified atom stereocenters. The average Bonchev–Trinajstić information content (AvgIpc) is 2.09. The van der Waals surface area contributed by atoms with Crippen molar-refractivity contribution in [2.24, 2.45) is 0 Å². The molecule has 0 radical (unpaired) electrons. The van der Waals surface area contributed by atoms with Gasteiger partial charge < -0.3 is 11.1 Å². The number of nitrogens with zero attached hydrogens (tertiary/aromatic N) is 2. The number of nitrogen functional groups attached to an aromatic ring is 1. The van der Waals surface area contributed by atoms with Crippen LogP contribution in [0.4, 0.5) is 5.82 Å². The second-order valence-corrected chi connectivity index (χ2v) is 2.33. The zero-order valence-electron chi connectivity index (χ0n) is 6.99. The molecule has 0 aromatic carbocycles. The number of likely N-dealkylation sites (N-methyl/N-ethyl adjacent to an activating group) is 1. The van der Waals surface area contributed by atoms with Gasteiger partial charge in [0.2, 0.25) is 0 Å². The Morgan fingerprint density at radius 3 is 2.92 bits per heavy atom. The zero-order valence-corrected chi connectivity index (χ0v) is 6.99. The summed E-state index contributed by atoms with van der Waals surface area (Å²) >= 11 is 0. The van der Waals surface area contributed by atoms with Gasteiger partial charge in [0, 0.05) is 6.54 Å². The Bertz CT molecular complexity index is 252. The molecule has 1 aromatic rings. The first kappa shape index (κ1) is 8.67. The molecule has 0 bridgehead atoms. The summed E-state index contributed by atoms with van der Waals surface area (Å²) in [6.07, 6.45) is 7.05. The number of aromatic nitrogens is 2. The van der Waals surface area contributed by atoms with Gasteiger partial charge in [0.25, 0.3) is 0 Å². The molecule has 0 aliphatic rings. The Labute approximate surface area is 71.5 Å². The van der Waals surface area contributed by atoms with Gasteiger partial charge in [-0.1, -0.05) is 6.08 Å². The minimum absolute atomic E-state index is 0.445. The van der Waals surface area contributed by atoms with Crippen LogP contribution in [0.15, 0.2) is 18.5 Å². The summed E-state index contributed by atoms with van der Waals surface area (Å²) in [7, 11) is 1.89. The van der Waals surface area contributed by atoms with E-state index in [1.54, 1.807) is 12.4 Å². The summed E-state index contributed by atoms with van der Waals surface area (Å²) in [6, 6.07) is 0. The van der Waals surface area contributed by atoms with Crippen molar-refractivity contribution in [3.8, 4) is 0 Å². The van der Waals surface area contributed by atoms with Crippen LogP contribution in [0.2, 0.25) is 0 Å². The molecule has 4 nitrogen and oxygen atoms in total. The van der Waals surface area contributed by atoms with E-state index in [1.165, 1.54) is 0 Å². The second-order valence-electron chi connectivity index (χ2n) is 2.33. The fourth-order valence-electron chi connectivity index (χ4n) is 0.732. The highest BCUT2D eigenvalue weighted by molar-refractivity contribution is 5.44. The lowest BCUT2D eigenvalue weighted by molar-refractivity contribution is 0.922. The van der Waals surface area contributed by atoms with E-state index in [1.807, 2.05) is 19.2 Å². The highest BCUT2D eigenvalue weighted by atomic mass is 14.9. The average molecular weight is 164 g/mol. The molecule has 64 valence electrons. The van der Waals surface area contributed by atoms with Gasteiger partial charge in [-0.25, -0.2) is 4.98 Å². The van der Waals surface area contributed by atoms with Crippen LogP contribution >= 0.6 is 0 Å². The first-order chi connectivity index (χ1) is 5.83. The summed E-state index contributed by atoms with van der Waals surface area (Å²) in [5.41, 5.74) is 6.19. The summed E-state index contributed by atoms with van der Waals surface area (Å²) in [6.45, 7) is 0.825. The van der Waals surface area contributed by atoms with Crippen molar-refractivity contribution < 1.29 is 0 Å². The highest BCUT2D eigenvalue weighted by Gasteiger charge is 1.87. The van der Waals surface area contributed by atoms with Gasteiger partial charge in [-0.2, -0.15) is 0 Å². The fraction of sp³-hybridized carbons (Fsp3) is 0.250. The number of anilines is 1. The van der Waals surface area contributed by atoms with Crippen LogP contribution in [0, 0.1) is 0 Å². The monoisotopic (exact) mass is 164 g/mol. The maximum atomic E-state index is 5.37. The van der Waals surface area contributed by atoms with Crippen molar-refractivity contribution in [1.82, 2.24) is 15.3 Å². The Morgan fingerprint density at radius 2 is 2.33 bits per heavy atom. The van der Waals surface area contributed by atoms with E-state index in [9.17, 15) is 0 Å². The van der Waals surface area contributed by atoms with Gasteiger partial charge in [-0.3, -0.25) is 4.98 Å². The predicted octanol–water partition coefficient (Wildman–Crippen LogP) is 0.291. The molecule has 0 fully saturated rings. The van der Waals surface area contributed by atoms with Gasteiger partial charge in [0.1, 0.15) is 5.82 Å². The lowest BCUT2D eigenvalue weighted by Crippen LogP contribution is -2.03. The first-order valence-electron chi connectivity index (χ1n) is 3.71. The molecule has 0 atom stereocenters. The van der Waals surface area contributed by atoms with Crippen LogP contribution in [0.3, 0.4) is 0 Å². The molecule has 0 aliphatic carbocycles. The minimum Gasteiger partial charge on any atom is -0.382 e. The van der Waals surface area contributed by atoms with E-state index in [4.69, 9.17) is 5.73 Å². The minimum atomic E-state index is 0.445. The highest BCUT2D eigenvalue weighted by Crippen LogP contribution is 1.97. The predicted molar refractivity (Wildman–Crippen MR) is 49.4 cm³/mol. The number of hydrogen-bond acceptors (Lipinski definition) is 4. The third-order valence-electron chi connectivity index (χ3n) is 1.30. The number of nitrogens with two attached hydrogens (primary N) is 1. The Hall–Kier alpha value is -1.42. The second kappa shape index (κ2) is 4.46. The summed E-state index contributed by atoms with van der Waals surface area (Å²) < 4.78 is 0. The summed E-state index contributed by atoms with van der Waals surface area (Å²) in [5.74, 6) is 0.445. The Balaban J connectivity index is 2.58. The lowest BCUT2D eigenvalue weighted by atomic mass is 10.4. The smallest absolute Gasteiger partial charge is 0.141 e. The van der Waals surface area contributed by atoms with Crippen molar-refractivity contribution in [3.63, 3.8) is 0 Å². The number of hydrogen-bond donors (Lipinski definition) is 2. The molecule has 1 aromatic heterocycles. The van der Waals surface area contributed by atoms with E-state index in [0.29, 0.717) is 5.82 Å². The van der Waals surface area contributed by atoms with E-state index in [-0.39, 0.29) is 0 Å². The molecule has 4 heteroatoms. The molecule has 1 heterocycles. The van der Waals surface area contributed by atoms with Gasteiger partial charge >= 0.3 is 0 Å². The maximum Gasteiger partial charge on any atom is 0.141 e. The zero-order chi connectivity index (χ0) is 8.81. The molecule has 0 amide bonds. The van der Waals surface area contributed by atoms with E-state index in [2.05, 4.69) is 15.3 Å². The fourth-order valence-corrected chi connectivity index (χ4v) is 0.732. The third kappa shape index (κ3) is 2.67. The van der Waals surface area contributed by atoms with Crippen LogP contribution in [-0.2, 0) is 0 Å². The summed E-state index contributed by atoms with van der Waals surface area (Å²) in [4.78, 5) is 7.95. The van der Waals surface area contributed by atoms with Crippen molar-refractivity contribution in [1.29, 1.82) is 0 Å². The third-order valence-corrected chi connectivity index (χ3v) is 1.30. The van der Waals surface area contributed by atoms with E-state index >= 15 is 0 Å². The lowest BCUT2D eigenvalue weighted by Gasteiger charge is -1.92. The molecule has 1 rings (SSSR count). The quantitative estimate of drug-likeness (QED) is 0.674. The topological polar surface area (TPSA) is 63.8 Å². The molecule has 0 saturated heterocycles. The van der Waals surface area contributed by atoms with Crippen molar-refractivity contribution in [3.05, 3.63) is 24.2 Å². The van der Waals surface area contributed by atoms with Crippen molar-refractivity contribution in [2.75, 3.05) is 19.3 Å². The molecule has 0 spiro atoms.